The minimum absolute atomic E-state index is 0.157. The van der Waals surface area contributed by atoms with Crippen molar-refractivity contribution >= 4 is 5.69 Å². The minimum atomic E-state index is 0.157. The van der Waals surface area contributed by atoms with Crippen molar-refractivity contribution in [3.8, 4) is 5.75 Å². The van der Waals surface area contributed by atoms with Crippen molar-refractivity contribution in [2.24, 2.45) is 0 Å². The molecule has 2 aliphatic rings. The maximum atomic E-state index is 6.16. The Balaban J connectivity index is 1.64. The third kappa shape index (κ3) is 4.48. The topological polar surface area (TPSA) is 41.7 Å². The van der Waals surface area contributed by atoms with Crippen molar-refractivity contribution in [2.75, 3.05) is 39.0 Å². The fourth-order valence-electron chi connectivity index (χ4n) is 4.46. The van der Waals surface area contributed by atoms with Crippen LogP contribution in [0.1, 0.15) is 56.6 Å². The van der Waals surface area contributed by atoms with E-state index in [4.69, 9.17) is 10.5 Å². The molecule has 3 rings (SSSR count). The van der Waals surface area contributed by atoms with Crippen molar-refractivity contribution in [1.29, 1.82) is 0 Å². The average molecular weight is 346 g/mol. The molecule has 1 aromatic carbocycles. The monoisotopic (exact) mass is 345 g/mol. The normalized spacial score (nSPS) is 21.8. The summed E-state index contributed by atoms with van der Waals surface area (Å²) in [5, 5.41) is 0. The van der Waals surface area contributed by atoms with Crippen LogP contribution < -0.4 is 10.5 Å². The second kappa shape index (κ2) is 7.96. The minimum Gasteiger partial charge on any atom is -0.489 e. The number of ether oxygens (including phenoxy) is 1. The lowest BCUT2D eigenvalue weighted by Gasteiger charge is -2.41. The highest BCUT2D eigenvalue weighted by molar-refractivity contribution is 5.57. The molecule has 2 N–H and O–H groups in total. The Bertz CT molecular complexity index is 571. The van der Waals surface area contributed by atoms with Crippen molar-refractivity contribution in [3.63, 3.8) is 0 Å². The van der Waals surface area contributed by atoms with Gasteiger partial charge in [0.15, 0.2) is 0 Å². The summed E-state index contributed by atoms with van der Waals surface area (Å²) in [6.07, 6.45) is 5.31. The maximum Gasteiger partial charge on any atom is 0.142 e. The number of aryl methyl sites for hydroxylation is 1. The first-order valence-corrected chi connectivity index (χ1v) is 9.93. The molecule has 140 valence electrons. The average Bonchev–Trinajstić information content (AvgIpc) is 2.58. The van der Waals surface area contributed by atoms with Crippen molar-refractivity contribution in [3.05, 3.63) is 23.3 Å². The van der Waals surface area contributed by atoms with Crippen molar-refractivity contribution in [1.82, 2.24) is 9.80 Å². The highest BCUT2D eigenvalue weighted by atomic mass is 16.5. The number of anilines is 1. The van der Waals surface area contributed by atoms with E-state index in [1.807, 2.05) is 0 Å². The molecule has 4 nitrogen and oxygen atoms in total. The van der Waals surface area contributed by atoms with E-state index in [0.717, 1.165) is 17.5 Å². The number of likely N-dealkylation sites (tertiary alicyclic amines) is 2. The third-order valence-electron chi connectivity index (χ3n) is 5.93. The van der Waals surface area contributed by atoms with Crippen LogP contribution in [0.4, 0.5) is 5.69 Å². The Hall–Kier alpha value is -1.26. The van der Waals surface area contributed by atoms with Gasteiger partial charge in [-0.1, -0.05) is 0 Å². The molecule has 0 aromatic heterocycles. The Kier molecular flexibility index (Phi) is 5.90. The summed E-state index contributed by atoms with van der Waals surface area (Å²) in [4.78, 5) is 5.19. The maximum absolute atomic E-state index is 6.16. The quantitative estimate of drug-likeness (QED) is 0.846. The van der Waals surface area contributed by atoms with Gasteiger partial charge < -0.3 is 20.3 Å². The molecule has 0 spiro atoms. The summed E-state index contributed by atoms with van der Waals surface area (Å²) >= 11 is 0. The van der Waals surface area contributed by atoms with Gasteiger partial charge in [0, 0.05) is 6.04 Å². The van der Waals surface area contributed by atoms with E-state index in [0.29, 0.717) is 5.92 Å². The molecule has 0 amide bonds. The largest absolute Gasteiger partial charge is 0.489 e. The smallest absolute Gasteiger partial charge is 0.142 e. The second-order valence-corrected chi connectivity index (χ2v) is 8.26. The lowest BCUT2D eigenvalue weighted by Crippen LogP contribution is -2.46. The van der Waals surface area contributed by atoms with Gasteiger partial charge in [0.25, 0.3) is 0 Å². The lowest BCUT2D eigenvalue weighted by molar-refractivity contribution is 0.0965. The molecule has 0 aliphatic carbocycles. The number of hydrogen-bond acceptors (Lipinski definition) is 4. The third-order valence-corrected chi connectivity index (χ3v) is 5.93. The summed E-state index contributed by atoms with van der Waals surface area (Å²) < 4.78 is 5.92. The van der Waals surface area contributed by atoms with Crippen LogP contribution in [0.5, 0.6) is 5.75 Å². The van der Waals surface area contributed by atoms with Crippen LogP contribution in [0.3, 0.4) is 0 Å². The van der Waals surface area contributed by atoms with Crippen molar-refractivity contribution < 1.29 is 4.74 Å². The Labute approximate surface area is 153 Å². The number of nitrogen functional groups attached to an aromatic ring is 1. The molecule has 25 heavy (non-hydrogen) atoms. The van der Waals surface area contributed by atoms with Gasteiger partial charge in [-0.3, -0.25) is 0 Å². The van der Waals surface area contributed by atoms with E-state index in [-0.39, 0.29) is 6.10 Å². The molecule has 4 heteroatoms. The fourth-order valence-corrected chi connectivity index (χ4v) is 4.46. The van der Waals surface area contributed by atoms with E-state index < -0.39 is 0 Å². The molecule has 0 radical (unpaired) electrons. The molecule has 2 fully saturated rings. The number of benzene rings is 1. The summed E-state index contributed by atoms with van der Waals surface area (Å²) in [5.74, 6) is 1.49. The Morgan fingerprint density at radius 3 is 2.28 bits per heavy atom. The number of rotatable bonds is 4. The summed E-state index contributed by atoms with van der Waals surface area (Å²) in [7, 11) is 2.24. The molecule has 2 saturated heterocycles. The van der Waals surface area contributed by atoms with E-state index in [9.17, 15) is 0 Å². The Morgan fingerprint density at radius 2 is 1.68 bits per heavy atom. The molecule has 0 bridgehead atoms. The highest BCUT2D eigenvalue weighted by Crippen LogP contribution is 2.36. The SMILES string of the molecule is Cc1cc(N)c(OC(C)C)cc1C1CCN(C2CCN(C)CC2)CC1. The van der Waals surface area contributed by atoms with Crippen LogP contribution in [0.2, 0.25) is 0 Å². The van der Waals surface area contributed by atoms with Gasteiger partial charge in [-0.05, 0) is 109 Å². The van der Waals surface area contributed by atoms with Gasteiger partial charge in [-0.15, -0.1) is 0 Å². The van der Waals surface area contributed by atoms with Crippen LogP contribution >= 0.6 is 0 Å². The highest BCUT2D eigenvalue weighted by Gasteiger charge is 2.28. The number of hydrogen-bond donors (Lipinski definition) is 1. The predicted octanol–water partition coefficient (Wildman–Crippen LogP) is 3.64. The van der Waals surface area contributed by atoms with Gasteiger partial charge >= 0.3 is 0 Å². The first kappa shape index (κ1) is 18.5. The van der Waals surface area contributed by atoms with Crippen LogP contribution in [-0.2, 0) is 0 Å². The molecule has 0 atom stereocenters. The van der Waals surface area contributed by atoms with E-state index in [1.165, 1.54) is 63.0 Å². The van der Waals surface area contributed by atoms with Crippen LogP contribution in [0.15, 0.2) is 12.1 Å². The molecule has 2 heterocycles. The molecule has 0 saturated carbocycles. The van der Waals surface area contributed by atoms with Crippen molar-refractivity contribution in [2.45, 2.75) is 64.5 Å². The molecule has 0 unspecified atom stereocenters. The van der Waals surface area contributed by atoms with Crippen LogP contribution in [-0.4, -0.2) is 55.2 Å². The molecule has 1 aromatic rings. The van der Waals surface area contributed by atoms with Crippen LogP contribution in [0, 0.1) is 6.92 Å². The number of piperidine rings is 2. The molecular weight excluding hydrogens is 310 g/mol. The first-order valence-electron chi connectivity index (χ1n) is 9.93. The lowest BCUT2D eigenvalue weighted by atomic mass is 9.85. The number of nitrogens with zero attached hydrogens (tertiary/aromatic N) is 2. The zero-order chi connectivity index (χ0) is 18.0. The number of nitrogens with two attached hydrogens (primary N) is 1. The van der Waals surface area contributed by atoms with Gasteiger partial charge in [0.1, 0.15) is 5.75 Å². The van der Waals surface area contributed by atoms with Crippen LogP contribution in [0.25, 0.3) is 0 Å². The standard InChI is InChI=1S/C21H35N3O/c1-15(2)25-21-14-19(16(3)13-20(21)22)17-5-11-24(12-6-17)18-7-9-23(4)10-8-18/h13-15,17-18H,5-12,22H2,1-4H3. The van der Waals surface area contributed by atoms with E-state index in [2.05, 4.69) is 49.8 Å². The Morgan fingerprint density at radius 1 is 1.04 bits per heavy atom. The zero-order valence-electron chi connectivity index (χ0n) is 16.4. The second-order valence-electron chi connectivity index (χ2n) is 8.26. The summed E-state index contributed by atoms with van der Waals surface area (Å²) in [6.45, 7) is 11.2. The van der Waals surface area contributed by atoms with E-state index >= 15 is 0 Å². The summed E-state index contributed by atoms with van der Waals surface area (Å²) in [6, 6.07) is 5.10. The molecule has 2 aliphatic heterocycles. The summed E-state index contributed by atoms with van der Waals surface area (Å²) in [5.41, 5.74) is 9.67. The predicted molar refractivity (Wildman–Crippen MR) is 105 cm³/mol. The van der Waals surface area contributed by atoms with Gasteiger partial charge in [0.2, 0.25) is 0 Å². The fraction of sp³-hybridized carbons (Fsp3) is 0.714. The van der Waals surface area contributed by atoms with Gasteiger partial charge in [0.05, 0.1) is 11.8 Å². The van der Waals surface area contributed by atoms with Gasteiger partial charge in [-0.25, -0.2) is 0 Å². The molecular formula is C21H35N3O. The van der Waals surface area contributed by atoms with E-state index in [1.54, 1.807) is 0 Å². The van der Waals surface area contributed by atoms with Gasteiger partial charge in [-0.2, -0.15) is 0 Å². The first-order chi connectivity index (χ1) is 11.9. The zero-order valence-corrected chi connectivity index (χ0v) is 16.4.